The molecular formula is C19H27N3O4S. The van der Waals surface area contributed by atoms with Crippen LogP contribution in [0.2, 0.25) is 0 Å². The number of hydrogen-bond acceptors (Lipinski definition) is 4. The maximum atomic E-state index is 12.5. The average molecular weight is 394 g/mol. The van der Waals surface area contributed by atoms with Crippen molar-refractivity contribution in [2.45, 2.75) is 37.6 Å². The molecule has 27 heavy (non-hydrogen) atoms. The molecule has 2 rings (SSSR count). The van der Waals surface area contributed by atoms with E-state index in [1.54, 1.807) is 39.1 Å². The highest BCUT2D eigenvalue weighted by Crippen LogP contribution is 2.18. The lowest BCUT2D eigenvalue weighted by atomic mass is 10.2. The van der Waals surface area contributed by atoms with Crippen LogP contribution in [-0.4, -0.2) is 62.2 Å². The van der Waals surface area contributed by atoms with Gasteiger partial charge in [-0.05, 0) is 36.6 Å². The molecule has 2 amide bonds. The first-order chi connectivity index (χ1) is 12.8. The highest BCUT2D eigenvalue weighted by atomic mass is 32.2. The summed E-state index contributed by atoms with van der Waals surface area (Å²) in [5.41, 5.74) is 0.706. The quantitative estimate of drug-likeness (QED) is 0.644. The second kappa shape index (κ2) is 9.14. The predicted octanol–water partition coefficient (Wildman–Crippen LogP) is 1.47. The van der Waals surface area contributed by atoms with Gasteiger partial charge in [-0.25, -0.2) is 8.42 Å². The summed E-state index contributed by atoms with van der Waals surface area (Å²) in [4.78, 5) is 25.4. The fourth-order valence-corrected chi connectivity index (χ4v) is 4.01. The molecule has 8 heteroatoms. The molecule has 0 aromatic heterocycles. The molecule has 0 spiro atoms. The normalized spacial score (nSPS) is 14.5. The lowest BCUT2D eigenvalue weighted by Crippen LogP contribution is -2.38. The molecule has 148 valence electrons. The molecule has 1 saturated carbocycles. The zero-order valence-electron chi connectivity index (χ0n) is 16.0. The molecule has 0 aliphatic heterocycles. The van der Waals surface area contributed by atoms with Gasteiger partial charge >= 0.3 is 0 Å². The number of carbonyl (C=O) groups excluding carboxylic acids is 2. The van der Waals surface area contributed by atoms with Gasteiger partial charge in [0.05, 0.1) is 11.4 Å². The highest BCUT2D eigenvalue weighted by Gasteiger charge is 2.24. The number of sulfonamides is 1. The van der Waals surface area contributed by atoms with Crippen molar-refractivity contribution in [1.82, 2.24) is 14.5 Å². The lowest BCUT2D eigenvalue weighted by Gasteiger charge is -2.18. The Bertz CT molecular complexity index is 795. The van der Waals surface area contributed by atoms with E-state index >= 15 is 0 Å². The monoisotopic (exact) mass is 393 g/mol. The molecule has 0 saturated heterocycles. The highest BCUT2D eigenvalue weighted by molar-refractivity contribution is 7.89. The Hall–Kier alpha value is -2.19. The molecule has 1 N–H and O–H groups in total. The van der Waals surface area contributed by atoms with E-state index in [0.717, 1.165) is 12.8 Å². The van der Waals surface area contributed by atoms with Crippen molar-refractivity contribution < 1.29 is 18.0 Å². The molecule has 0 unspecified atom stereocenters. The van der Waals surface area contributed by atoms with E-state index in [2.05, 4.69) is 5.32 Å². The van der Waals surface area contributed by atoms with Gasteiger partial charge in [-0.2, -0.15) is 4.31 Å². The number of carbonyl (C=O) groups is 2. The van der Waals surface area contributed by atoms with E-state index in [-0.39, 0.29) is 29.3 Å². The Morgan fingerprint density at radius 2 is 1.74 bits per heavy atom. The van der Waals surface area contributed by atoms with Gasteiger partial charge in [0.15, 0.2) is 0 Å². The molecule has 1 aliphatic rings. The minimum absolute atomic E-state index is 0.0146. The Morgan fingerprint density at radius 1 is 1.15 bits per heavy atom. The van der Waals surface area contributed by atoms with Crippen LogP contribution >= 0.6 is 0 Å². The number of benzene rings is 1. The summed E-state index contributed by atoms with van der Waals surface area (Å²) < 4.78 is 26.3. The third-order valence-electron chi connectivity index (χ3n) is 4.34. The van der Waals surface area contributed by atoms with Gasteiger partial charge in [-0.1, -0.05) is 26.0 Å². The van der Waals surface area contributed by atoms with Gasteiger partial charge in [-0.3, -0.25) is 9.59 Å². The Balaban J connectivity index is 1.96. The van der Waals surface area contributed by atoms with E-state index < -0.39 is 10.0 Å². The molecule has 1 aliphatic carbocycles. The van der Waals surface area contributed by atoms with Crippen LogP contribution in [0, 0.1) is 0 Å². The van der Waals surface area contributed by atoms with Gasteiger partial charge in [0.1, 0.15) is 0 Å². The third-order valence-corrected chi connectivity index (χ3v) is 6.41. The maximum Gasteiger partial charge on any atom is 0.246 e. The van der Waals surface area contributed by atoms with E-state index in [4.69, 9.17) is 0 Å². The van der Waals surface area contributed by atoms with Crippen molar-refractivity contribution in [3.05, 3.63) is 35.9 Å². The fourth-order valence-electron chi connectivity index (χ4n) is 2.55. The maximum absolute atomic E-state index is 12.5. The summed E-state index contributed by atoms with van der Waals surface area (Å²) in [7, 11) is -1.92. The number of nitrogens with one attached hydrogen (secondary N) is 1. The number of hydrogen-bond donors (Lipinski definition) is 1. The predicted molar refractivity (Wildman–Crippen MR) is 104 cm³/mol. The largest absolute Gasteiger partial charge is 0.352 e. The minimum Gasteiger partial charge on any atom is -0.352 e. The summed E-state index contributed by atoms with van der Waals surface area (Å²) in [6.07, 6.45) is 4.98. The van der Waals surface area contributed by atoms with Crippen molar-refractivity contribution in [1.29, 1.82) is 0 Å². The molecule has 0 radical (unpaired) electrons. The first-order valence-electron chi connectivity index (χ1n) is 9.10. The van der Waals surface area contributed by atoms with Crippen LogP contribution in [0.25, 0.3) is 6.08 Å². The molecule has 0 bridgehead atoms. The Morgan fingerprint density at radius 3 is 2.26 bits per heavy atom. The molecular weight excluding hydrogens is 366 g/mol. The first-order valence-corrected chi connectivity index (χ1v) is 10.5. The Kier molecular flexibility index (Phi) is 7.15. The number of nitrogens with zero attached hydrogens (tertiary/aromatic N) is 2. The molecule has 7 nitrogen and oxygen atoms in total. The summed E-state index contributed by atoms with van der Waals surface area (Å²) >= 11 is 0. The Labute approximate surface area is 161 Å². The van der Waals surface area contributed by atoms with Gasteiger partial charge in [0, 0.05) is 32.3 Å². The second-order valence-electron chi connectivity index (χ2n) is 6.53. The third kappa shape index (κ3) is 5.90. The molecule has 0 heterocycles. The number of likely N-dealkylation sites (N-methyl/N-ethyl adjacent to an activating group) is 1. The molecule has 1 fully saturated rings. The van der Waals surface area contributed by atoms with Crippen LogP contribution in [0.3, 0.4) is 0 Å². The molecule has 0 atom stereocenters. The average Bonchev–Trinajstić information content (AvgIpc) is 3.44. The number of amides is 2. The molecule has 1 aromatic carbocycles. The van der Waals surface area contributed by atoms with Crippen LogP contribution in [0.15, 0.2) is 35.2 Å². The summed E-state index contributed by atoms with van der Waals surface area (Å²) in [6, 6.07) is 6.64. The fraction of sp³-hybridized carbons (Fsp3) is 0.474. The zero-order chi connectivity index (χ0) is 20.0. The van der Waals surface area contributed by atoms with Crippen LogP contribution in [0.4, 0.5) is 0 Å². The van der Waals surface area contributed by atoms with Crippen molar-refractivity contribution in [2.24, 2.45) is 0 Å². The van der Waals surface area contributed by atoms with Crippen LogP contribution < -0.4 is 5.32 Å². The van der Waals surface area contributed by atoms with E-state index in [1.165, 1.54) is 27.4 Å². The van der Waals surface area contributed by atoms with Gasteiger partial charge in [0.25, 0.3) is 0 Å². The SMILES string of the molecule is CCN(CC)S(=O)(=O)c1ccc(/C=C/C(=O)N(C)CC(=O)NC2CC2)cc1. The van der Waals surface area contributed by atoms with Crippen LogP contribution in [0.5, 0.6) is 0 Å². The van der Waals surface area contributed by atoms with Crippen LogP contribution in [0.1, 0.15) is 32.3 Å². The minimum atomic E-state index is -3.49. The molecule has 1 aromatic rings. The van der Waals surface area contributed by atoms with Crippen LogP contribution in [-0.2, 0) is 19.6 Å². The standard InChI is InChI=1S/C19H27N3O4S/c1-4-22(5-2)27(25,26)17-11-6-15(7-12-17)8-13-19(24)21(3)14-18(23)20-16-9-10-16/h6-8,11-13,16H,4-5,9-10,14H2,1-3H3,(H,20,23)/b13-8+. The van der Waals surface area contributed by atoms with Crippen molar-refractivity contribution in [3.8, 4) is 0 Å². The van der Waals surface area contributed by atoms with Crippen molar-refractivity contribution in [2.75, 3.05) is 26.7 Å². The van der Waals surface area contributed by atoms with Gasteiger partial charge in [-0.15, -0.1) is 0 Å². The van der Waals surface area contributed by atoms with E-state index in [9.17, 15) is 18.0 Å². The topological polar surface area (TPSA) is 86.8 Å². The smallest absolute Gasteiger partial charge is 0.246 e. The second-order valence-corrected chi connectivity index (χ2v) is 8.47. The van der Waals surface area contributed by atoms with Crippen molar-refractivity contribution in [3.63, 3.8) is 0 Å². The first kappa shape index (κ1) is 21.1. The summed E-state index contributed by atoms with van der Waals surface area (Å²) in [5, 5.41) is 2.83. The van der Waals surface area contributed by atoms with E-state index in [0.29, 0.717) is 18.7 Å². The summed E-state index contributed by atoms with van der Waals surface area (Å²) in [5.74, 6) is -0.450. The lowest BCUT2D eigenvalue weighted by molar-refractivity contribution is -0.131. The summed E-state index contributed by atoms with van der Waals surface area (Å²) in [6.45, 7) is 4.43. The van der Waals surface area contributed by atoms with Gasteiger partial charge < -0.3 is 10.2 Å². The van der Waals surface area contributed by atoms with Crippen molar-refractivity contribution >= 4 is 27.9 Å². The van der Waals surface area contributed by atoms with Gasteiger partial charge in [0.2, 0.25) is 21.8 Å². The zero-order valence-corrected chi connectivity index (χ0v) is 16.8. The number of rotatable bonds is 9. The van der Waals surface area contributed by atoms with E-state index in [1.807, 2.05) is 0 Å².